The van der Waals surface area contributed by atoms with Crippen molar-refractivity contribution in [1.29, 1.82) is 0 Å². The van der Waals surface area contributed by atoms with Crippen LogP contribution in [0.4, 0.5) is 0 Å². The second kappa shape index (κ2) is 14.6. The van der Waals surface area contributed by atoms with Gasteiger partial charge in [-0.2, -0.15) is 0 Å². The fourth-order valence-corrected chi connectivity index (χ4v) is 2.60. The Labute approximate surface area is 125 Å². The molecule has 118 valence electrons. The van der Waals surface area contributed by atoms with Crippen molar-refractivity contribution in [2.75, 3.05) is 0 Å². The second-order valence-corrected chi connectivity index (χ2v) is 5.87. The van der Waals surface area contributed by atoms with E-state index in [2.05, 4.69) is 13.5 Å². The van der Waals surface area contributed by atoms with Crippen LogP contribution in [0.5, 0.6) is 0 Å². The van der Waals surface area contributed by atoms with Crippen LogP contribution in [0.2, 0.25) is 0 Å². The fraction of sp³-hybridized carbons (Fsp3) is 0.833. The smallest absolute Gasteiger partial charge is 0.306 e. The monoisotopic (exact) mass is 282 g/mol. The zero-order chi connectivity index (χ0) is 15.1. The molecule has 20 heavy (non-hydrogen) atoms. The molecule has 2 heteroatoms. The van der Waals surface area contributed by atoms with E-state index in [0.717, 1.165) is 32.1 Å². The normalized spacial score (nSPS) is 12.2. The standard InChI is InChI=1S/C18H34O2/c1-3-5-7-9-10-12-14-16-17(18(19)20)15-13-11-8-6-4-2/h3,17H,1,4-16H2,2H3,(H,19,20). The molecule has 0 aliphatic rings. The van der Waals surface area contributed by atoms with Gasteiger partial charge in [-0.05, 0) is 25.7 Å². The molecule has 0 saturated carbocycles. The van der Waals surface area contributed by atoms with Crippen LogP contribution in [-0.2, 0) is 4.79 Å². The first-order chi connectivity index (χ1) is 9.72. The van der Waals surface area contributed by atoms with Gasteiger partial charge in [0.05, 0.1) is 5.92 Å². The van der Waals surface area contributed by atoms with Gasteiger partial charge < -0.3 is 5.11 Å². The molecule has 0 saturated heterocycles. The lowest BCUT2D eigenvalue weighted by atomic mass is 9.94. The van der Waals surface area contributed by atoms with E-state index in [1.165, 1.54) is 51.4 Å². The van der Waals surface area contributed by atoms with Gasteiger partial charge in [-0.25, -0.2) is 0 Å². The molecule has 0 aromatic carbocycles. The van der Waals surface area contributed by atoms with Gasteiger partial charge in [-0.15, -0.1) is 6.58 Å². The first kappa shape index (κ1) is 19.2. The van der Waals surface area contributed by atoms with Crippen LogP contribution in [0.3, 0.4) is 0 Å². The third-order valence-electron chi connectivity index (χ3n) is 3.97. The largest absolute Gasteiger partial charge is 0.481 e. The van der Waals surface area contributed by atoms with Gasteiger partial charge >= 0.3 is 5.97 Å². The number of rotatable bonds is 15. The summed E-state index contributed by atoms with van der Waals surface area (Å²) in [4.78, 5) is 11.2. The van der Waals surface area contributed by atoms with Crippen molar-refractivity contribution in [2.24, 2.45) is 5.92 Å². The Bertz CT molecular complexity index is 236. The van der Waals surface area contributed by atoms with Gasteiger partial charge in [0.15, 0.2) is 0 Å². The zero-order valence-corrected chi connectivity index (χ0v) is 13.4. The summed E-state index contributed by atoms with van der Waals surface area (Å²) in [5.74, 6) is -0.697. The fourth-order valence-electron chi connectivity index (χ4n) is 2.60. The highest BCUT2D eigenvalue weighted by Gasteiger charge is 2.15. The Balaban J connectivity index is 3.54. The lowest BCUT2D eigenvalue weighted by Gasteiger charge is -2.12. The Morgan fingerprint density at radius 1 is 0.950 bits per heavy atom. The molecule has 0 radical (unpaired) electrons. The first-order valence-electron chi connectivity index (χ1n) is 8.56. The molecule has 0 fully saturated rings. The molecule has 1 atom stereocenters. The number of carbonyl (C=O) groups is 1. The molecule has 1 unspecified atom stereocenters. The average Bonchev–Trinajstić information content (AvgIpc) is 2.43. The SMILES string of the molecule is C=CCCCCCCCC(CCCCCCC)C(=O)O. The van der Waals surface area contributed by atoms with Crippen LogP contribution < -0.4 is 0 Å². The van der Waals surface area contributed by atoms with E-state index in [9.17, 15) is 9.90 Å². The Kier molecular flexibility index (Phi) is 14.0. The van der Waals surface area contributed by atoms with Gasteiger partial charge in [-0.3, -0.25) is 4.79 Å². The maximum Gasteiger partial charge on any atom is 0.306 e. The van der Waals surface area contributed by atoms with Crippen LogP contribution in [0.15, 0.2) is 12.7 Å². The summed E-state index contributed by atoms with van der Waals surface area (Å²) in [6.45, 7) is 5.92. The number of carboxylic acids is 1. The summed E-state index contributed by atoms with van der Waals surface area (Å²) in [7, 11) is 0. The molecule has 0 spiro atoms. The summed E-state index contributed by atoms with van der Waals surface area (Å²) in [5, 5.41) is 9.24. The molecule has 1 N–H and O–H groups in total. The van der Waals surface area contributed by atoms with Crippen LogP contribution >= 0.6 is 0 Å². The molecule has 0 aromatic rings. The molecule has 0 aromatic heterocycles. The highest BCUT2D eigenvalue weighted by Crippen LogP contribution is 2.19. The predicted molar refractivity (Wildman–Crippen MR) is 87.0 cm³/mol. The lowest BCUT2D eigenvalue weighted by Crippen LogP contribution is -2.13. The summed E-state index contributed by atoms with van der Waals surface area (Å²) in [6, 6.07) is 0. The minimum atomic E-state index is -0.591. The second-order valence-electron chi connectivity index (χ2n) is 5.87. The van der Waals surface area contributed by atoms with Crippen LogP contribution in [0.1, 0.15) is 90.4 Å². The molecular weight excluding hydrogens is 248 g/mol. The maximum absolute atomic E-state index is 11.2. The van der Waals surface area contributed by atoms with Gasteiger partial charge in [-0.1, -0.05) is 70.8 Å². The molecule has 0 rings (SSSR count). The van der Waals surface area contributed by atoms with E-state index < -0.39 is 5.97 Å². The number of hydrogen-bond donors (Lipinski definition) is 1. The predicted octanol–water partition coefficient (Wildman–Crippen LogP) is 5.96. The van der Waals surface area contributed by atoms with Crippen molar-refractivity contribution < 1.29 is 9.90 Å². The highest BCUT2D eigenvalue weighted by molar-refractivity contribution is 5.69. The third kappa shape index (κ3) is 12.3. The van der Waals surface area contributed by atoms with Crippen molar-refractivity contribution in [3.8, 4) is 0 Å². The number of allylic oxidation sites excluding steroid dienone is 1. The Hall–Kier alpha value is -0.790. The number of carboxylic acid groups (broad SMARTS) is 1. The van der Waals surface area contributed by atoms with Gasteiger partial charge in [0, 0.05) is 0 Å². The Morgan fingerprint density at radius 3 is 1.95 bits per heavy atom. The van der Waals surface area contributed by atoms with Crippen molar-refractivity contribution in [3.63, 3.8) is 0 Å². The zero-order valence-electron chi connectivity index (χ0n) is 13.4. The van der Waals surface area contributed by atoms with Gasteiger partial charge in [0.1, 0.15) is 0 Å². The summed E-state index contributed by atoms with van der Waals surface area (Å²) in [5.41, 5.74) is 0. The van der Waals surface area contributed by atoms with Crippen LogP contribution in [0.25, 0.3) is 0 Å². The molecule has 0 heterocycles. The highest BCUT2D eigenvalue weighted by atomic mass is 16.4. The number of aliphatic carboxylic acids is 1. The maximum atomic E-state index is 11.2. The van der Waals surface area contributed by atoms with Crippen molar-refractivity contribution in [1.82, 2.24) is 0 Å². The molecule has 2 nitrogen and oxygen atoms in total. The van der Waals surface area contributed by atoms with E-state index in [1.54, 1.807) is 0 Å². The minimum Gasteiger partial charge on any atom is -0.481 e. The summed E-state index contributed by atoms with van der Waals surface area (Å²) >= 11 is 0. The van der Waals surface area contributed by atoms with Crippen LogP contribution in [-0.4, -0.2) is 11.1 Å². The van der Waals surface area contributed by atoms with Crippen molar-refractivity contribution >= 4 is 5.97 Å². The van der Waals surface area contributed by atoms with E-state index >= 15 is 0 Å². The minimum absolute atomic E-state index is 0.107. The lowest BCUT2D eigenvalue weighted by molar-refractivity contribution is -0.142. The van der Waals surface area contributed by atoms with E-state index in [1.807, 2.05) is 6.08 Å². The number of hydrogen-bond acceptors (Lipinski definition) is 1. The molecule has 0 aliphatic heterocycles. The molecule has 0 bridgehead atoms. The first-order valence-corrected chi connectivity index (χ1v) is 8.56. The van der Waals surface area contributed by atoms with Crippen molar-refractivity contribution in [3.05, 3.63) is 12.7 Å². The van der Waals surface area contributed by atoms with E-state index in [-0.39, 0.29) is 5.92 Å². The topological polar surface area (TPSA) is 37.3 Å². The summed E-state index contributed by atoms with van der Waals surface area (Å²) < 4.78 is 0. The van der Waals surface area contributed by atoms with Crippen molar-refractivity contribution in [2.45, 2.75) is 90.4 Å². The van der Waals surface area contributed by atoms with Crippen LogP contribution in [0, 0.1) is 5.92 Å². The van der Waals surface area contributed by atoms with E-state index in [4.69, 9.17) is 0 Å². The summed E-state index contributed by atoms with van der Waals surface area (Å²) in [6.07, 6.45) is 16.8. The third-order valence-corrected chi connectivity index (χ3v) is 3.97. The van der Waals surface area contributed by atoms with E-state index in [0.29, 0.717) is 0 Å². The average molecular weight is 282 g/mol. The quantitative estimate of drug-likeness (QED) is 0.297. The molecule has 0 aliphatic carbocycles. The molecule has 0 amide bonds. The van der Waals surface area contributed by atoms with Gasteiger partial charge in [0.25, 0.3) is 0 Å². The van der Waals surface area contributed by atoms with Gasteiger partial charge in [0.2, 0.25) is 0 Å². The molecular formula is C18H34O2. The Morgan fingerprint density at radius 2 is 1.45 bits per heavy atom. The number of unbranched alkanes of at least 4 members (excludes halogenated alkanes) is 9.